The van der Waals surface area contributed by atoms with E-state index in [1.54, 1.807) is 0 Å². The predicted molar refractivity (Wildman–Crippen MR) is 83.7 cm³/mol. The van der Waals surface area contributed by atoms with E-state index in [2.05, 4.69) is 23.9 Å². The molecule has 21 heavy (non-hydrogen) atoms. The monoisotopic (exact) mass is 286 g/mol. The van der Waals surface area contributed by atoms with E-state index in [0.29, 0.717) is 11.5 Å². The highest BCUT2D eigenvalue weighted by atomic mass is 16.1. The summed E-state index contributed by atoms with van der Waals surface area (Å²) in [5.41, 5.74) is 1.73. The molecule has 0 fully saturated rings. The number of Topliss-reactive ketones (excluding diaryl/α,β-unsaturated/α-hetero) is 1. The number of hydrogen-bond acceptors (Lipinski definition) is 4. The SMILES string of the molecule is CC(C)Cn1ncnc1CC(=O)c1cccc(N(C)C)c1. The Hall–Kier alpha value is -2.17. The number of anilines is 1. The van der Waals surface area contributed by atoms with Gasteiger partial charge >= 0.3 is 0 Å². The third-order valence-corrected chi connectivity index (χ3v) is 3.24. The second-order valence-corrected chi connectivity index (χ2v) is 5.80. The van der Waals surface area contributed by atoms with Crippen LogP contribution in [0.3, 0.4) is 0 Å². The van der Waals surface area contributed by atoms with Crippen LogP contribution in [0, 0.1) is 5.92 Å². The van der Waals surface area contributed by atoms with Crippen LogP contribution in [-0.2, 0) is 13.0 Å². The molecule has 1 aromatic carbocycles. The van der Waals surface area contributed by atoms with Crippen LogP contribution in [0.2, 0.25) is 0 Å². The molecule has 0 aliphatic rings. The molecule has 0 bridgehead atoms. The molecule has 1 heterocycles. The second kappa shape index (κ2) is 6.52. The van der Waals surface area contributed by atoms with E-state index in [1.165, 1.54) is 6.33 Å². The van der Waals surface area contributed by atoms with E-state index < -0.39 is 0 Å². The van der Waals surface area contributed by atoms with Gasteiger partial charge in [-0.1, -0.05) is 26.0 Å². The highest BCUT2D eigenvalue weighted by Gasteiger charge is 2.13. The second-order valence-electron chi connectivity index (χ2n) is 5.80. The van der Waals surface area contributed by atoms with Gasteiger partial charge in [-0.25, -0.2) is 9.67 Å². The summed E-state index contributed by atoms with van der Waals surface area (Å²) in [5.74, 6) is 1.26. The topological polar surface area (TPSA) is 51.0 Å². The van der Waals surface area contributed by atoms with Crippen LogP contribution in [-0.4, -0.2) is 34.6 Å². The normalized spacial score (nSPS) is 10.9. The Morgan fingerprint density at radius 1 is 1.33 bits per heavy atom. The maximum atomic E-state index is 12.4. The fourth-order valence-corrected chi connectivity index (χ4v) is 2.13. The zero-order valence-electron chi connectivity index (χ0n) is 13.1. The van der Waals surface area contributed by atoms with Gasteiger partial charge in [0.2, 0.25) is 0 Å². The lowest BCUT2D eigenvalue weighted by molar-refractivity contribution is 0.0989. The average Bonchev–Trinajstić information content (AvgIpc) is 2.85. The van der Waals surface area contributed by atoms with E-state index in [-0.39, 0.29) is 12.2 Å². The van der Waals surface area contributed by atoms with Gasteiger partial charge in [0.15, 0.2) is 5.78 Å². The molecule has 0 saturated carbocycles. The van der Waals surface area contributed by atoms with E-state index in [1.807, 2.05) is 47.9 Å². The first-order chi connectivity index (χ1) is 9.97. The molecule has 0 N–H and O–H groups in total. The first-order valence-corrected chi connectivity index (χ1v) is 7.14. The summed E-state index contributed by atoms with van der Waals surface area (Å²) in [5, 5.41) is 4.19. The van der Waals surface area contributed by atoms with Gasteiger partial charge in [0.05, 0.1) is 6.42 Å². The zero-order chi connectivity index (χ0) is 15.4. The van der Waals surface area contributed by atoms with Crippen molar-refractivity contribution in [2.24, 2.45) is 5.92 Å². The lowest BCUT2D eigenvalue weighted by Gasteiger charge is -2.13. The predicted octanol–water partition coefficient (Wildman–Crippen LogP) is 2.43. The maximum Gasteiger partial charge on any atom is 0.170 e. The van der Waals surface area contributed by atoms with Crippen LogP contribution >= 0.6 is 0 Å². The van der Waals surface area contributed by atoms with Gasteiger partial charge in [-0.15, -0.1) is 0 Å². The summed E-state index contributed by atoms with van der Waals surface area (Å²) < 4.78 is 1.82. The van der Waals surface area contributed by atoms with Gasteiger partial charge in [0, 0.05) is 31.9 Å². The molecule has 112 valence electrons. The van der Waals surface area contributed by atoms with Crippen molar-refractivity contribution in [3.8, 4) is 0 Å². The minimum atomic E-state index is 0.0664. The van der Waals surface area contributed by atoms with Crippen LogP contribution in [0.4, 0.5) is 5.69 Å². The first-order valence-electron chi connectivity index (χ1n) is 7.14. The van der Waals surface area contributed by atoms with Crippen molar-refractivity contribution in [1.82, 2.24) is 14.8 Å². The first kappa shape index (κ1) is 15.2. The molecule has 2 rings (SSSR count). The number of hydrogen-bond donors (Lipinski definition) is 0. The van der Waals surface area contributed by atoms with Gasteiger partial charge in [-0.05, 0) is 18.1 Å². The standard InChI is InChI=1S/C16H22N4O/c1-12(2)10-20-16(17-11-18-20)9-15(21)13-6-5-7-14(8-13)19(3)4/h5-8,11-12H,9-10H2,1-4H3. The molecule has 0 aliphatic heterocycles. The average molecular weight is 286 g/mol. The van der Waals surface area contributed by atoms with Crippen LogP contribution < -0.4 is 4.90 Å². The third-order valence-electron chi connectivity index (χ3n) is 3.24. The van der Waals surface area contributed by atoms with Crippen LogP contribution in [0.25, 0.3) is 0 Å². The number of carbonyl (C=O) groups is 1. The van der Waals surface area contributed by atoms with Crippen LogP contribution in [0.5, 0.6) is 0 Å². The van der Waals surface area contributed by atoms with Gasteiger partial charge in [-0.3, -0.25) is 4.79 Å². The molecular formula is C16H22N4O. The van der Waals surface area contributed by atoms with Crippen molar-refractivity contribution in [3.63, 3.8) is 0 Å². The minimum Gasteiger partial charge on any atom is -0.378 e. The molecular weight excluding hydrogens is 264 g/mol. The lowest BCUT2D eigenvalue weighted by atomic mass is 10.1. The van der Waals surface area contributed by atoms with Gasteiger partial charge in [0.25, 0.3) is 0 Å². The Morgan fingerprint density at radius 3 is 2.76 bits per heavy atom. The number of benzene rings is 1. The number of carbonyl (C=O) groups excluding carboxylic acids is 1. The summed E-state index contributed by atoms with van der Waals surface area (Å²) in [6, 6.07) is 7.64. The minimum absolute atomic E-state index is 0.0664. The maximum absolute atomic E-state index is 12.4. The largest absolute Gasteiger partial charge is 0.378 e. The van der Waals surface area contributed by atoms with Crippen molar-refractivity contribution < 1.29 is 4.79 Å². The Kier molecular flexibility index (Phi) is 4.73. The summed E-state index contributed by atoms with van der Waals surface area (Å²) >= 11 is 0. The molecule has 0 atom stereocenters. The number of rotatable bonds is 6. The molecule has 0 unspecified atom stereocenters. The molecule has 1 aromatic heterocycles. The molecule has 5 heteroatoms. The van der Waals surface area contributed by atoms with Crippen LogP contribution in [0.15, 0.2) is 30.6 Å². The highest BCUT2D eigenvalue weighted by molar-refractivity contribution is 5.97. The summed E-state index contributed by atoms with van der Waals surface area (Å²) in [4.78, 5) is 18.6. The quantitative estimate of drug-likeness (QED) is 0.765. The molecule has 0 aliphatic carbocycles. The fourth-order valence-electron chi connectivity index (χ4n) is 2.13. The molecule has 5 nitrogen and oxygen atoms in total. The Balaban J connectivity index is 2.15. The van der Waals surface area contributed by atoms with Gasteiger partial charge in [-0.2, -0.15) is 5.10 Å². The van der Waals surface area contributed by atoms with Gasteiger partial charge < -0.3 is 4.90 Å². The number of ketones is 1. The molecule has 0 radical (unpaired) electrons. The smallest absolute Gasteiger partial charge is 0.170 e. The van der Waals surface area contributed by atoms with Crippen molar-refractivity contribution in [2.75, 3.05) is 19.0 Å². The molecule has 0 saturated heterocycles. The highest BCUT2D eigenvalue weighted by Crippen LogP contribution is 2.15. The van der Waals surface area contributed by atoms with Crippen molar-refractivity contribution in [2.45, 2.75) is 26.8 Å². The summed E-state index contributed by atoms with van der Waals surface area (Å²) in [6.07, 6.45) is 1.80. The number of nitrogens with zero attached hydrogens (tertiary/aromatic N) is 4. The van der Waals surface area contributed by atoms with E-state index in [0.717, 1.165) is 18.1 Å². The van der Waals surface area contributed by atoms with Gasteiger partial charge in [0.1, 0.15) is 12.2 Å². The summed E-state index contributed by atoms with van der Waals surface area (Å²) in [7, 11) is 3.92. The van der Waals surface area contributed by atoms with Crippen LogP contribution in [0.1, 0.15) is 30.0 Å². The Labute approximate surface area is 125 Å². The fraction of sp³-hybridized carbons (Fsp3) is 0.438. The van der Waals surface area contributed by atoms with E-state index in [4.69, 9.17) is 0 Å². The zero-order valence-corrected chi connectivity index (χ0v) is 13.1. The Bertz CT molecular complexity index is 616. The van der Waals surface area contributed by atoms with Crippen molar-refractivity contribution in [3.05, 3.63) is 42.0 Å². The molecule has 2 aromatic rings. The Morgan fingerprint density at radius 2 is 2.10 bits per heavy atom. The van der Waals surface area contributed by atoms with E-state index in [9.17, 15) is 4.79 Å². The molecule has 0 spiro atoms. The lowest BCUT2D eigenvalue weighted by Crippen LogP contribution is -2.15. The summed E-state index contributed by atoms with van der Waals surface area (Å²) in [6.45, 7) is 5.02. The number of aromatic nitrogens is 3. The third kappa shape index (κ3) is 3.90. The van der Waals surface area contributed by atoms with E-state index >= 15 is 0 Å². The van der Waals surface area contributed by atoms with Crippen molar-refractivity contribution in [1.29, 1.82) is 0 Å². The van der Waals surface area contributed by atoms with Crippen molar-refractivity contribution >= 4 is 11.5 Å². The molecule has 0 amide bonds.